The molecule has 0 aromatic heterocycles. The van der Waals surface area contributed by atoms with Crippen molar-refractivity contribution in [2.75, 3.05) is 13.3 Å². The Bertz CT molecular complexity index is 425. The fourth-order valence-electron chi connectivity index (χ4n) is 2.04. The molecule has 0 radical (unpaired) electrons. The van der Waals surface area contributed by atoms with Crippen LogP contribution in [-0.4, -0.2) is 58.4 Å². The van der Waals surface area contributed by atoms with Crippen LogP contribution in [0.4, 0.5) is 8.78 Å². The van der Waals surface area contributed by atoms with Crippen molar-refractivity contribution >= 4 is 5.91 Å². The number of nitrogens with one attached hydrogen (secondary N) is 1. The first-order valence-corrected chi connectivity index (χ1v) is 5.58. The molecule has 0 aliphatic carbocycles. The number of ether oxygens (including phenoxy) is 1. The Morgan fingerprint density at radius 2 is 2.32 bits per heavy atom. The zero-order valence-corrected chi connectivity index (χ0v) is 9.92. The Balaban J connectivity index is 2.25. The fourth-order valence-corrected chi connectivity index (χ4v) is 2.04. The lowest BCUT2D eigenvalue weighted by Gasteiger charge is -2.33. The van der Waals surface area contributed by atoms with Crippen molar-refractivity contribution in [2.45, 2.75) is 24.1 Å². The third-order valence-electron chi connectivity index (χ3n) is 3.20. The van der Waals surface area contributed by atoms with Crippen molar-refractivity contribution < 1.29 is 28.5 Å². The van der Waals surface area contributed by atoms with Crippen LogP contribution >= 0.6 is 0 Å². The molecule has 0 unspecified atom stereocenters. The molecule has 3 N–H and O–H groups in total. The number of nitrogens with zero attached hydrogens (tertiary/aromatic N) is 1. The summed E-state index contributed by atoms with van der Waals surface area (Å²) in [4.78, 5) is 12.2. The predicted octanol–water partition coefficient (Wildman–Crippen LogP) is -0.841. The summed E-state index contributed by atoms with van der Waals surface area (Å²) in [7, 11) is 0. The molecule has 0 aromatic rings. The highest BCUT2D eigenvalue weighted by Crippen LogP contribution is 2.36. The van der Waals surface area contributed by atoms with Gasteiger partial charge in [0.25, 0.3) is 5.91 Å². The molecule has 2 aliphatic heterocycles. The number of rotatable bonds is 3. The highest BCUT2D eigenvalue weighted by Gasteiger charge is 2.57. The number of hydrogen-bond acceptors (Lipinski definition) is 5. The van der Waals surface area contributed by atoms with E-state index in [0.29, 0.717) is 0 Å². The second-order valence-corrected chi connectivity index (χ2v) is 4.41. The monoisotopic (exact) mass is 276 g/mol. The first kappa shape index (κ1) is 13.9. The number of carbonyl (C=O) groups is 1. The van der Waals surface area contributed by atoms with E-state index in [0.717, 1.165) is 11.0 Å². The molecule has 1 amide bonds. The maximum atomic E-state index is 14.0. The lowest BCUT2D eigenvalue weighted by atomic mass is 9.98. The molecule has 0 spiro atoms. The van der Waals surface area contributed by atoms with Crippen LogP contribution in [0.1, 0.15) is 0 Å². The van der Waals surface area contributed by atoms with Gasteiger partial charge in [-0.15, -0.1) is 0 Å². The lowest BCUT2D eigenvalue weighted by molar-refractivity contribution is -0.144. The van der Waals surface area contributed by atoms with Gasteiger partial charge in [0.05, 0.1) is 6.61 Å². The molecule has 106 valence electrons. The van der Waals surface area contributed by atoms with Crippen LogP contribution in [0.25, 0.3) is 0 Å². The predicted molar refractivity (Wildman–Crippen MR) is 59.8 cm³/mol. The maximum Gasteiger partial charge on any atom is 0.250 e. The number of halogens is 2. The molecule has 0 saturated carbocycles. The van der Waals surface area contributed by atoms with Gasteiger partial charge in [0, 0.05) is 12.3 Å². The molecule has 0 aromatic carbocycles. The molecule has 0 bridgehead atoms. The van der Waals surface area contributed by atoms with Crippen LogP contribution in [0.3, 0.4) is 0 Å². The van der Waals surface area contributed by atoms with Gasteiger partial charge in [-0.05, 0) is 0 Å². The Labute approximate surface area is 108 Å². The zero-order chi connectivity index (χ0) is 14.2. The molecule has 6 nitrogen and oxygen atoms in total. The van der Waals surface area contributed by atoms with Crippen molar-refractivity contribution in [3.63, 3.8) is 0 Å². The summed E-state index contributed by atoms with van der Waals surface area (Å²) < 4.78 is 32.1. The SMILES string of the molecule is C=C1NC(=O)C=CN1[C@@H]1O[C@@](CO)(CF)[C@@H](O)[C@H]1F. The Morgan fingerprint density at radius 1 is 1.63 bits per heavy atom. The summed E-state index contributed by atoms with van der Waals surface area (Å²) in [6.45, 7) is 1.41. The summed E-state index contributed by atoms with van der Waals surface area (Å²) >= 11 is 0. The first-order chi connectivity index (χ1) is 8.95. The van der Waals surface area contributed by atoms with E-state index in [4.69, 9.17) is 9.84 Å². The standard InChI is InChI=1S/C11H14F2N2O4/c1-6-14-7(17)2-3-15(6)10-8(13)9(18)11(4-12,5-16)19-10/h2-3,8-10,16,18H,1,4-5H2,(H,14,17)/t8-,9+,10-,11-/m1/s1. The normalized spacial score (nSPS) is 38.7. The Hall–Kier alpha value is -1.51. The van der Waals surface area contributed by atoms with E-state index in [1.807, 2.05) is 0 Å². The molecular formula is C11H14F2N2O4. The van der Waals surface area contributed by atoms with Crippen molar-refractivity contribution in [1.29, 1.82) is 0 Å². The summed E-state index contributed by atoms with van der Waals surface area (Å²) in [6.07, 6.45) is -2.81. The van der Waals surface area contributed by atoms with E-state index >= 15 is 0 Å². The minimum Gasteiger partial charge on any atom is -0.393 e. The summed E-state index contributed by atoms with van der Waals surface area (Å²) in [5, 5.41) is 21.1. The Morgan fingerprint density at radius 3 is 2.79 bits per heavy atom. The number of aliphatic hydroxyl groups excluding tert-OH is 2. The molecule has 1 fully saturated rings. The van der Waals surface area contributed by atoms with Gasteiger partial charge in [-0.25, -0.2) is 8.78 Å². The number of amides is 1. The van der Waals surface area contributed by atoms with E-state index < -0.39 is 43.3 Å². The van der Waals surface area contributed by atoms with Crippen LogP contribution in [0, 0.1) is 0 Å². The highest BCUT2D eigenvalue weighted by atomic mass is 19.1. The van der Waals surface area contributed by atoms with E-state index in [-0.39, 0.29) is 5.82 Å². The quantitative estimate of drug-likeness (QED) is 0.626. The average Bonchev–Trinajstić information content (AvgIpc) is 2.64. The van der Waals surface area contributed by atoms with E-state index in [1.165, 1.54) is 6.20 Å². The summed E-state index contributed by atoms with van der Waals surface area (Å²) in [5.41, 5.74) is -2.00. The molecule has 2 aliphatic rings. The maximum absolute atomic E-state index is 14.0. The minimum atomic E-state index is -2.00. The van der Waals surface area contributed by atoms with Crippen molar-refractivity contribution in [3.05, 3.63) is 24.7 Å². The van der Waals surface area contributed by atoms with E-state index in [9.17, 15) is 18.7 Å². The van der Waals surface area contributed by atoms with Crippen molar-refractivity contribution in [1.82, 2.24) is 10.2 Å². The van der Waals surface area contributed by atoms with Crippen molar-refractivity contribution in [3.8, 4) is 0 Å². The smallest absolute Gasteiger partial charge is 0.250 e. The van der Waals surface area contributed by atoms with Crippen molar-refractivity contribution in [2.24, 2.45) is 0 Å². The molecule has 2 heterocycles. The zero-order valence-electron chi connectivity index (χ0n) is 9.92. The minimum absolute atomic E-state index is 0.0416. The second-order valence-electron chi connectivity index (χ2n) is 4.41. The molecule has 19 heavy (non-hydrogen) atoms. The third kappa shape index (κ3) is 2.11. The first-order valence-electron chi connectivity index (χ1n) is 5.58. The number of hydrogen-bond donors (Lipinski definition) is 3. The fraction of sp³-hybridized carbons (Fsp3) is 0.545. The lowest BCUT2D eigenvalue weighted by Crippen LogP contribution is -2.47. The van der Waals surface area contributed by atoms with Gasteiger partial charge in [0.15, 0.2) is 18.0 Å². The van der Waals surface area contributed by atoms with E-state index in [2.05, 4.69) is 11.9 Å². The van der Waals surface area contributed by atoms with Crippen LogP contribution in [0.2, 0.25) is 0 Å². The second kappa shape index (κ2) is 4.87. The van der Waals surface area contributed by atoms with Gasteiger partial charge in [-0.3, -0.25) is 4.79 Å². The van der Waals surface area contributed by atoms with Gasteiger partial charge in [0.1, 0.15) is 18.6 Å². The van der Waals surface area contributed by atoms with Crippen LogP contribution in [0.5, 0.6) is 0 Å². The van der Waals surface area contributed by atoms with Gasteiger partial charge in [0.2, 0.25) is 0 Å². The highest BCUT2D eigenvalue weighted by molar-refractivity contribution is 5.89. The van der Waals surface area contributed by atoms with Crippen LogP contribution in [-0.2, 0) is 9.53 Å². The largest absolute Gasteiger partial charge is 0.393 e. The van der Waals surface area contributed by atoms with Gasteiger partial charge >= 0.3 is 0 Å². The molecule has 1 saturated heterocycles. The number of carbonyl (C=O) groups excluding carboxylic acids is 1. The summed E-state index contributed by atoms with van der Waals surface area (Å²) in [5.74, 6) is -0.394. The average molecular weight is 276 g/mol. The molecular weight excluding hydrogens is 262 g/mol. The molecule has 4 atom stereocenters. The topological polar surface area (TPSA) is 82.0 Å². The number of aliphatic hydroxyl groups is 2. The number of alkyl halides is 2. The van der Waals surface area contributed by atoms with E-state index in [1.54, 1.807) is 0 Å². The third-order valence-corrected chi connectivity index (χ3v) is 3.20. The van der Waals surface area contributed by atoms with Gasteiger partial charge < -0.3 is 25.2 Å². The van der Waals surface area contributed by atoms with Gasteiger partial charge in [-0.2, -0.15) is 0 Å². The van der Waals surface area contributed by atoms with Crippen LogP contribution < -0.4 is 5.32 Å². The Kier molecular flexibility index (Phi) is 3.57. The molecule has 2 rings (SSSR count). The van der Waals surface area contributed by atoms with Crippen LogP contribution in [0.15, 0.2) is 24.7 Å². The van der Waals surface area contributed by atoms with Gasteiger partial charge in [-0.1, -0.05) is 6.58 Å². The summed E-state index contributed by atoms with van der Waals surface area (Å²) in [6, 6.07) is 0. The molecule has 8 heteroatoms.